The van der Waals surface area contributed by atoms with Crippen LogP contribution < -0.4 is 0 Å². The van der Waals surface area contributed by atoms with E-state index in [-0.39, 0.29) is 13.0 Å². The van der Waals surface area contributed by atoms with E-state index in [0.717, 1.165) is 0 Å². The standard InChI is InChI=1S/C6H12O3/c7-4-1-2-6(9)3-5-8/h5-7,9H,1-4H2. The van der Waals surface area contributed by atoms with E-state index >= 15 is 0 Å². The van der Waals surface area contributed by atoms with E-state index in [2.05, 4.69) is 0 Å². The highest BCUT2D eigenvalue weighted by Crippen LogP contribution is 1.97. The third-order valence-electron chi connectivity index (χ3n) is 1.06. The Kier molecular flexibility index (Phi) is 5.46. The van der Waals surface area contributed by atoms with Gasteiger partial charge in [-0.3, -0.25) is 0 Å². The Balaban J connectivity index is 3.04. The van der Waals surface area contributed by atoms with Gasteiger partial charge in [-0.2, -0.15) is 0 Å². The van der Waals surface area contributed by atoms with Crippen LogP contribution >= 0.6 is 0 Å². The minimum atomic E-state index is -0.561. The number of carbonyl (C=O) groups excluding carboxylic acids is 1. The molecule has 0 aliphatic heterocycles. The third-order valence-corrected chi connectivity index (χ3v) is 1.06. The minimum absolute atomic E-state index is 0.0793. The van der Waals surface area contributed by atoms with E-state index in [1.54, 1.807) is 0 Å². The number of aldehydes is 1. The molecule has 0 heterocycles. The predicted octanol–water partition coefficient (Wildman–Crippen LogP) is -0.291. The smallest absolute Gasteiger partial charge is 0.122 e. The first kappa shape index (κ1) is 8.59. The van der Waals surface area contributed by atoms with Gasteiger partial charge in [-0.15, -0.1) is 0 Å². The summed E-state index contributed by atoms with van der Waals surface area (Å²) in [6, 6.07) is 0. The van der Waals surface area contributed by atoms with Crippen LogP contribution in [0.3, 0.4) is 0 Å². The van der Waals surface area contributed by atoms with Crippen LogP contribution in [0.25, 0.3) is 0 Å². The molecule has 3 nitrogen and oxygen atoms in total. The van der Waals surface area contributed by atoms with Gasteiger partial charge in [0.2, 0.25) is 0 Å². The van der Waals surface area contributed by atoms with Crippen LogP contribution in [0.5, 0.6) is 0 Å². The topological polar surface area (TPSA) is 57.5 Å². The normalized spacial score (nSPS) is 13.1. The van der Waals surface area contributed by atoms with E-state index in [9.17, 15) is 4.79 Å². The second kappa shape index (κ2) is 5.72. The zero-order chi connectivity index (χ0) is 7.11. The molecule has 0 bridgehead atoms. The SMILES string of the molecule is O=CCC(O)CCCO. The fraction of sp³-hybridized carbons (Fsp3) is 0.833. The average molecular weight is 132 g/mol. The van der Waals surface area contributed by atoms with Crippen molar-refractivity contribution in [2.45, 2.75) is 25.4 Å². The van der Waals surface area contributed by atoms with Crippen LogP contribution in [-0.2, 0) is 4.79 Å². The third kappa shape index (κ3) is 5.46. The molecule has 0 aliphatic rings. The fourth-order valence-electron chi connectivity index (χ4n) is 0.556. The van der Waals surface area contributed by atoms with E-state index in [4.69, 9.17) is 10.2 Å². The number of hydrogen-bond donors (Lipinski definition) is 2. The van der Waals surface area contributed by atoms with Crippen molar-refractivity contribution in [2.75, 3.05) is 6.61 Å². The highest BCUT2D eigenvalue weighted by molar-refractivity contribution is 5.49. The summed E-state index contributed by atoms with van der Waals surface area (Å²) in [5.74, 6) is 0. The zero-order valence-electron chi connectivity index (χ0n) is 5.29. The lowest BCUT2D eigenvalue weighted by atomic mass is 10.1. The summed E-state index contributed by atoms with van der Waals surface area (Å²) in [5.41, 5.74) is 0. The van der Waals surface area contributed by atoms with Crippen LogP contribution in [-0.4, -0.2) is 29.2 Å². The molecule has 0 aromatic heterocycles. The first-order valence-electron chi connectivity index (χ1n) is 3.03. The summed E-state index contributed by atoms with van der Waals surface area (Å²) in [6.07, 6.45) is 1.38. The van der Waals surface area contributed by atoms with E-state index in [0.29, 0.717) is 19.1 Å². The van der Waals surface area contributed by atoms with Crippen molar-refractivity contribution in [1.82, 2.24) is 0 Å². The highest BCUT2D eigenvalue weighted by atomic mass is 16.3. The Hall–Kier alpha value is -0.410. The van der Waals surface area contributed by atoms with E-state index in [1.807, 2.05) is 0 Å². The highest BCUT2D eigenvalue weighted by Gasteiger charge is 2.00. The molecule has 3 heteroatoms. The van der Waals surface area contributed by atoms with Crippen LogP contribution in [0.15, 0.2) is 0 Å². The summed E-state index contributed by atoms with van der Waals surface area (Å²) in [4.78, 5) is 9.76. The Bertz CT molecular complexity index is 72.7. The number of aliphatic hydroxyl groups is 2. The maximum absolute atomic E-state index is 9.76. The van der Waals surface area contributed by atoms with Crippen LogP contribution in [0.4, 0.5) is 0 Å². The van der Waals surface area contributed by atoms with Gasteiger partial charge < -0.3 is 15.0 Å². The van der Waals surface area contributed by atoms with Gasteiger partial charge in [0.1, 0.15) is 6.29 Å². The minimum Gasteiger partial charge on any atom is -0.396 e. The lowest BCUT2D eigenvalue weighted by molar-refractivity contribution is -0.109. The van der Waals surface area contributed by atoms with Gasteiger partial charge in [0.15, 0.2) is 0 Å². The molecule has 54 valence electrons. The molecule has 2 N–H and O–H groups in total. The number of aliphatic hydroxyl groups excluding tert-OH is 2. The summed E-state index contributed by atoms with van der Waals surface area (Å²) >= 11 is 0. The first-order chi connectivity index (χ1) is 4.31. The van der Waals surface area contributed by atoms with E-state index < -0.39 is 6.10 Å². The molecule has 0 spiro atoms. The van der Waals surface area contributed by atoms with Gasteiger partial charge in [0.25, 0.3) is 0 Å². The Morgan fingerprint density at radius 3 is 2.67 bits per heavy atom. The largest absolute Gasteiger partial charge is 0.396 e. The van der Waals surface area contributed by atoms with Gasteiger partial charge in [0.05, 0.1) is 6.10 Å². The molecule has 0 aromatic rings. The molecular weight excluding hydrogens is 120 g/mol. The number of hydrogen-bond acceptors (Lipinski definition) is 3. The van der Waals surface area contributed by atoms with Crippen molar-refractivity contribution in [1.29, 1.82) is 0 Å². The van der Waals surface area contributed by atoms with Gasteiger partial charge >= 0.3 is 0 Å². The average Bonchev–Trinajstić information content (AvgIpc) is 1.85. The maximum Gasteiger partial charge on any atom is 0.122 e. The van der Waals surface area contributed by atoms with Gasteiger partial charge in [-0.1, -0.05) is 0 Å². The summed E-state index contributed by atoms with van der Waals surface area (Å²) in [7, 11) is 0. The Labute approximate surface area is 54.3 Å². The Morgan fingerprint density at radius 2 is 2.22 bits per heavy atom. The fourth-order valence-corrected chi connectivity index (χ4v) is 0.556. The molecule has 0 amide bonds. The lowest BCUT2D eigenvalue weighted by Crippen LogP contribution is -2.07. The molecule has 0 saturated carbocycles. The second-order valence-corrected chi connectivity index (χ2v) is 1.92. The molecular formula is C6H12O3. The summed E-state index contributed by atoms with van der Waals surface area (Å²) in [5, 5.41) is 17.1. The van der Waals surface area contributed by atoms with Gasteiger partial charge in [-0.25, -0.2) is 0 Å². The molecule has 0 saturated heterocycles. The van der Waals surface area contributed by atoms with Crippen LogP contribution in [0.1, 0.15) is 19.3 Å². The first-order valence-corrected chi connectivity index (χ1v) is 3.03. The predicted molar refractivity (Wildman–Crippen MR) is 33.0 cm³/mol. The summed E-state index contributed by atoms with van der Waals surface area (Å²) < 4.78 is 0. The number of rotatable bonds is 5. The lowest BCUT2D eigenvalue weighted by Gasteiger charge is -2.02. The molecule has 1 unspecified atom stereocenters. The van der Waals surface area contributed by atoms with Crippen LogP contribution in [0.2, 0.25) is 0 Å². The van der Waals surface area contributed by atoms with E-state index in [1.165, 1.54) is 0 Å². The molecule has 0 aliphatic carbocycles. The van der Waals surface area contributed by atoms with Crippen molar-refractivity contribution >= 4 is 6.29 Å². The molecule has 0 aromatic carbocycles. The van der Waals surface area contributed by atoms with Crippen molar-refractivity contribution in [3.63, 3.8) is 0 Å². The maximum atomic E-state index is 9.76. The molecule has 0 radical (unpaired) electrons. The molecule has 0 rings (SSSR count). The van der Waals surface area contributed by atoms with Crippen molar-refractivity contribution < 1.29 is 15.0 Å². The van der Waals surface area contributed by atoms with Gasteiger partial charge in [-0.05, 0) is 12.8 Å². The zero-order valence-corrected chi connectivity index (χ0v) is 5.29. The summed E-state index contributed by atoms with van der Waals surface area (Å²) in [6.45, 7) is 0.0793. The van der Waals surface area contributed by atoms with Crippen molar-refractivity contribution in [3.8, 4) is 0 Å². The molecule has 1 atom stereocenters. The second-order valence-electron chi connectivity index (χ2n) is 1.92. The monoisotopic (exact) mass is 132 g/mol. The van der Waals surface area contributed by atoms with Crippen molar-refractivity contribution in [2.24, 2.45) is 0 Å². The molecule has 0 fully saturated rings. The van der Waals surface area contributed by atoms with Crippen molar-refractivity contribution in [3.05, 3.63) is 0 Å². The molecule has 9 heavy (non-hydrogen) atoms. The Morgan fingerprint density at radius 1 is 1.56 bits per heavy atom. The van der Waals surface area contributed by atoms with Gasteiger partial charge in [0, 0.05) is 13.0 Å². The van der Waals surface area contributed by atoms with Crippen LogP contribution in [0, 0.1) is 0 Å². The quantitative estimate of drug-likeness (QED) is 0.505. The number of carbonyl (C=O) groups is 1.